The van der Waals surface area contributed by atoms with E-state index in [1.54, 1.807) is 7.11 Å². The molecule has 3 heteroatoms. The summed E-state index contributed by atoms with van der Waals surface area (Å²) in [5.74, 6) is 0.929. The quantitative estimate of drug-likeness (QED) is 0.811. The highest BCUT2D eigenvalue weighted by Gasteiger charge is 2.26. The van der Waals surface area contributed by atoms with Gasteiger partial charge in [-0.15, -0.1) is 0 Å². The number of hydrogen-bond acceptors (Lipinski definition) is 3. The van der Waals surface area contributed by atoms with Gasteiger partial charge in [0.15, 0.2) is 0 Å². The van der Waals surface area contributed by atoms with Crippen molar-refractivity contribution in [3.63, 3.8) is 0 Å². The fraction of sp³-hybridized carbons (Fsp3) is 0.538. The van der Waals surface area contributed by atoms with Crippen LogP contribution in [0.2, 0.25) is 0 Å². The summed E-state index contributed by atoms with van der Waals surface area (Å²) >= 11 is 0. The van der Waals surface area contributed by atoms with E-state index in [1.807, 2.05) is 6.07 Å². The summed E-state index contributed by atoms with van der Waals surface area (Å²) in [5, 5.41) is 12.6. The molecule has 0 bridgehead atoms. The molecule has 88 valence electrons. The Balaban J connectivity index is 1.94. The number of rotatable bonds is 4. The van der Waals surface area contributed by atoms with Crippen molar-refractivity contribution in [3.05, 3.63) is 29.3 Å². The Morgan fingerprint density at radius 1 is 1.44 bits per heavy atom. The summed E-state index contributed by atoms with van der Waals surface area (Å²) in [6.07, 6.45) is 1.64. The number of aliphatic hydroxyl groups is 1. The van der Waals surface area contributed by atoms with Crippen LogP contribution in [0, 0.1) is 6.92 Å². The van der Waals surface area contributed by atoms with Crippen molar-refractivity contribution in [2.24, 2.45) is 0 Å². The predicted molar refractivity (Wildman–Crippen MR) is 63.6 cm³/mol. The summed E-state index contributed by atoms with van der Waals surface area (Å²) in [5.41, 5.74) is 2.43. The second-order valence-corrected chi connectivity index (χ2v) is 4.52. The lowest BCUT2D eigenvalue weighted by Gasteiger charge is -2.32. The van der Waals surface area contributed by atoms with E-state index in [9.17, 15) is 5.11 Å². The highest BCUT2D eigenvalue weighted by molar-refractivity contribution is 5.36. The van der Waals surface area contributed by atoms with Gasteiger partial charge < -0.3 is 15.2 Å². The number of nitrogens with one attached hydrogen (secondary N) is 1. The lowest BCUT2D eigenvalue weighted by Crippen LogP contribution is -2.43. The van der Waals surface area contributed by atoms with E-state index in [0.29, 0.717) is 6.04 Å². The molecule has 0 aromatic heterocycles. The molecule has 0 amide bonds. The lowest BCUT2D eigenvalue weighted by atomic mass is 9.89. The predicted octanol–water partition coefficient (Wildman–Crippen LogP) is 1.62. The van der Waals surface area contributed by atoms with Crippen LogP contribution in [-0.4, -0.2) is 24.4 Å². The highest BCUT2D eigenvalue weighted by atomic mass is 16.5. The Labute approximate surface area is 96.4 Å². The fourth-order valence-corrected chi connectivity index (χ4v) is 2.05. The first-order valence-electron chi connectivity index (χ1n) is 5.74. The first kappa shape index (κ1) is 11.4. The van der Waals surface area contributed by atoms with Crippen LogP contribution in [0.5, 0.6) is 5.75 Å². The standard InChI is InChI=1S/C13H19NO2/c1-9-3-4-13(16-2)10(5-9)8-14-11-6-12(15)7-11/h3-5,11-12,14-15H,6-8H2,1-2H3. The zero-order valence-electron chi connectivity index (χ0n) is 9.86. The Morgan fingerprint density at radius 2 is 2.19 bits per heavy atom. The number of methoxy groups -OCH3 is 1. The maximum Gasteiger partial charge on any atom is 0.123 e. The van der Waals surface area contributed by atoms with Gasteiger partial charge in [-0.1, -0.05) is 17.7 Å². The first-order chi connectivity index (χ1) is 7.69. The van der Waals surface area contributed by atoms with E-state index in [0.717, 1.165) is 25.1 Å². The molecule has 3 nitrogen and oxygen atoms in total. The molecule has 2 rings (SSSR count). The van der Waals surface area contributed by atoms with Crippen molar-refractivity contribution in [2.75, 3.05) is 7.11 Å². The monoisotopic (exact) mass is 221 g/mol. The highest BCUT2D eigenvalue weighted by Crippen LogP contribution is 2.23. The fourth-order valence-electron chi connectivity index (χ4n) is 2.05. The molecule has 2 N–H and O–H groups in total. The van der Waals surface area contributed by atoms with Gasteiger partial charge in [-0.05, 0) is 25.8 Å². The van der Waals surface area contributed by atoms with Crippen molar-refractivity contribution in [1.82, 2.24) is 5.32 Å². The molecular formula is C13H19NO2. The molecule has 0 unspecified atom stereocenters. The van der Waals surface area contributed by atoms with E-state index in [1.165, 1.54) is 11.1 Å². The Hall–Kier alpha value is -1.06. The molecule has 0 heterocycles. The van der Waals surface area contributed by atoms with Gasteiger partial charge >= 0.3 is 0 Å². The van der Waals surface area contributed by atoms with Crippen LogP contribution in [-0.2, 0) is 6.54 Å². The third-order valence-corrected chi connectivity index (χ3v) is 3.13. The van der Waals surface area contributed by atoms with Crippen LogP contribution in [0.15, 0.2) is 18.2 Å². The Morgan fingerprint density at radius 3 is 2.81 bits per heavy atom. The molecule has 1 fully saturated rings. The summed E-state index contributed by atoms with van der Waals surface area (Å²) in [6.45, 7) is 2.89. The van der Waals surface area contributed by atoms with Crippen LogP contribution in [0.25, 0.3) is 0 Å². The first-order valence-corrected chi connectivity index (χ1v) is 5.74. The summed E-state index contributed by atoms with van der Waals surface area (Å²) in [4.78, 5) is 0. The molecule has 1 aliphatic carbocycles. The smallest absolute Gasteiger partial charge is 0.123 e. The third kappa shape index (κ3) is 2.54. The van der Waals surface area contributed by atoms with E-state index in [2.05, 4.69) is 24.4 Å². The van der Waals surface area contributed by atoms with Gasteiger partial charge in [0.05, 0.1) is 13.2 Å². The minimum absolute atomic E-state index is 0.100. The molecule has 1 aliphatic rings. The number of hydrogen-bond donors (Lipinski definition) is 2. The maximum absolute atomic E-state index is 9.20. The molecule has 0 spiro atoms. The van der Waals surface area contributed by atoms with E-state index >= 15 is 0 Å². The van der Waals surface area contributed by atoms with Gasteiger partial charge in [0.25, 0.3) is 0 Å². The Bertz CT molecular complexity index is 359. The SMILES string of the molecule is COc1ccc(C)cc1CNC1CC(O)C1. The van der Waals surface area contributed by atoms with Crippen molar-refractivity contribution in [2.45, 2.75) is 38.5 Å². The number of ether oxygens (including phenoxy) is 1. The summed E-state index contributed by atoms with van der Waals surface area (Å²) < 4.78 is 5.32. The molecule has 16 heavy (non-hydrogen) atoms. The van der Waals surface area contributed by atoms with Crippen LogP contribution >= 0.6 is 0 Å². The molecule has 0 saturated heterocycles. The van der Waals surface area contributed by atoms with Gasteiger partial charge in [-0.2, -0.15) is 0 Å². The molecule has 1 aromatic carbocycles. The number of aryl methyl sites for hydroxylation is 1. The van der Waals surface area contributed by atoms with Crippen LogP contribution in [0.4, 0.5) is 0 Å². The largest absolute Gasteiger partial charge is 0.496 e. The Kier molecular flexibility index (Phi) is 3.46. The van der Waals surface area contributed by atoms with Gasteiger partial charge in [0.2, 0.25) is 0 Å². The third-order valence-electron chi connectivity index (χ3n) is 3.13. The molecule has 0 atom stereocenters. The van der Waals surface area contributed by atoms with E-state index in [-0.39, 0.29) is 6.10 Å². The summed E-state index contributed by atoms with van der Waals surface area (Å²) in [6, 6.07) is 6.65. The van der Waals surface area contributed by atoms with E-state index in [4.69, 9.17) is 4.74 Å². The average molecular weight is 221 g/mol. The van der Waals surface area contributed by atoms with Gasteiger partial charge in [-0.3, -0.25) is 0 Å². The second-order valence-electron chi connectivity index (χ2n) is 4.52. The van der Waals surface area contributed by atoms with E-state index < -0.39 is 0 Å². The van der Waals surface area contributed by atoms with Gasteiger partial charge in [0, 0.05) is 18.2 Å². The van der Waals surface area contributed by atoms with Crippen molar-refractivity contribution >= 4 is 0 Å². The zero-order chi connectivity index (χ0) is 11.5. The average Bonchev–Trinajstić information content (AvgIpc) is 2.23. The second kappa shape index (κ2) is 4.85. The molecule has 0 aliphatic heterocycles. The minimum atomic E-state index is -0.100. The van der Waals surface area contributed by atoms with Crippen molar-refractivity contribution < 1.29 is 9.84 Å². The van der Waals surface area contributed by atoms with Crippen LogP contribution < -0.4 is 10.1 Å². The lowest BCUT2D eigenvalue weighted by molar-refractivity contribution is 0.0618. The zero-order valence-corrected chi connectivity index (χ0v) is 9.86. The normalized spacial score (nSPS) is 23.9. The molecule has 1 aromatic rings. The van der Waals surface area contributed by atoms with Crippen LogP contribution in [0.3, 0.4) is 0 Å². The summed E-state index contributed by atoms with van der Waals surface area (Å²) in [7, 11) is 1.70. The molecular weight excluding hydrogens is 202 g/mol. The number of aliphatic hydroxyl groups excluding tert-OH is 1. The maximum atomic E-state index is 9.20. The van der Waals surface area contributed by atoms with Crippen molar-refractivity contribution in [3.8, 4) is 5.75 Å². The van der Waals surface area contributed by atoms with Crippen LogP contribution in [0.1, 0.15) is 24.0 Å². The van der Waals surface area contributed by atoms with Gasteiger partial charge in [-0.25, -0.2) is 0 Å². The minimum Gasteiger partial charge on any atom is -0.496 e. The van der Waals surface area contributed by atoms with Gasteiger partial charge in [0.1, 0.15) is 5.75 Å². The van der Waals surface area contributed by atoms with Crippen molar-refractivity contribution in [1.29, 1.82) is 0 Å². The topological polar surface area (TPSA) is 41.5 Å². The molecule has 0 radical (unpaired) electrons. The number of benzene rings is 1. The molecule has 1 saturated carbocycles.